The zero-order valence-electron chi connectivity index (χ0n) is 10.2. The Labute approximate surface area is 124 Å². The lowest BCUT2D eigenvalue weighted by Crippen LogP contribution is -2.34. The third-order valence-corrected chi connectivity index (χ3v) is 3.21. The summed E-state index contributed by atoms with van der Waals surface area (Å²) in [4.78, 5) is 22.4. The van der Waals surface area contributed by atoms with Gasteiger partial charge in [-0.3, -0.25) is 9.59 Å². The highest BCUT2D eigenvalue weighted by Crippen LogP contribution is 2.21. The molecule has 0 bridgehead atoms. The van der Waals surface area contributed by atoms with Crippen LogP contribution in [-0.2, 0) is 9.53 Å². The zero-order chi connectivity index (χ0) is 14.4. The number of rotatable bonds is 6. The summed E-state index contributed by atoms with van der Waals surface area (Å²) in [6.07, 6.45) is -0.749. The van der Waals surface area contributed by atoms with Gasteiger partial charge in [-0.05, 0) is 18.2 Å². The van der Waals surface area contributed by atoms with Crippen LogP contribution in [0.2, 0.25) is 5.02 Å². The van der Waals surface area contributed by atoms with E-state index in [0.29, 0.717) is 10.6 Å². The fourth-order valence-corrected chi connectivity index (χ4v) is 2.17. The monoisotopic (exact) mass is 349 g/mol. The molecule has 2 N–H and O–H groups in total. The molecule has 7 heteroatoms. The minimum atomic E-state index is -0.984. The van der Waals surface area contributed by atoms with Gasteiger partial charge in [0.1, 0.15) is 0 Å². The molecular formula is C12H13BrClNO4. The van der Waals surface area contributed by atoms with Crippen LogP contribution in [0.5, 0.6) is 0 Å². The SMILES string of the molecule is COC(CNC(=O)c1ccc(Br)cc1Cl)CC(=O)O. The summed E-state index contributed by atoms with van der Waals surface area (Å²) in [6, 6.07) is 4.90. The largest absolute Gasteiger partial charge is 0.481 e. The van der Waals surface area contributed by atoms with Crippen molar-refractivity contribution in [2.45, 2.75) is 12.5 Å². The van der Waals surface area contributed by atoms with Crippen molar-refractivity contribution in [1.82, 2.24) is 5.32 Å². The predicted octanol–water partition coefficient (Wildman–Crippen LogP) is 2.32. The molecule has 104 valence electrons. The minimum Gasteiger partial charge on any atom is -0.481 e. The second kappa shape index (κ2) is 7.47. The Morgan fingerprint density at radius 1 is 1.53 bits per heavy atom. The molecule has 1 aromatic carbocycles. The van der Waals surface area contributed by atoms with Gasteiger partial charge in [0.25, 0.3) is 5.91 Å². The Morgan fingerprint density at radius 2 is 2.21 bits per heavy atom. The maximum atomic E-state index is 11.9. The highest BCUT2D eigenvalue weighted by atomic mass is 79.9. The summed E-state index contributed by atoms with van der Waals surface area (Å²) in [5, 5.41) is 11.6. The van der Waals surface area contributed by atoms with E-state index in [2.05, 4.69) is 21.2 Å². The van der Waals surface area contributed by atoms with E-state index in [1.165, 1.54) is 7.11 Å². The molecular weight excluding hydrogens is 337 g/mol. The molecule has 1 unspecified atom stereocenters. The van der Waals surface area contributed by atoms with E-state index in [1.807, 2.05) is 0 Å². The molecule has 0 fully saturated rings. The maximum Gasteiger partial charge on any atom is 0.306 e. The summed E-state index contributed by atoms with van der Waals surface area (Å²) in [5.41, 5.74) is 0.329. The second-order valence-corrected chi connectivity index (χ2v) is 5.11. The van der Waals surface area contributed by atoms with Gasteiger partial charge in [0.2, 0.25) is 0 Å². The summed E-state index contributed by atoms with van der Waals surface area (Å²) >= 11 is 9.19. The number of aliphatic carboxylic acids is 1. The first-order valence-electron chi connectivity index (χ1n) is 5.42. The van der Waals surface area contributed by atoms with Crippen LogP contribution in [0, 0.1) is 0 Å². The van der Waals surface area contributed by atoms with Crippen molar-refractivity contribution in [1.29, 1.82) is 0 Å². The van der Waals surface area contributed by atoms with Crippen molar-refractivity contribution in [3.63, 3.8) is 0 Å². The van der Waals surface area contributed by atoms with Crippen LogP contribution in [0.15, 0.2) is 22.7 Å². The Hall–Kier alpha value is -1.11. The molecule has 0 radical (unpaired) electrons. The summed E-state index contributed by atoms with van der Waals surface area (Å²) in [7, 11) is 1.40. The van der Waals surface area contributed by atoms with Crippen LogP contribution >= 0.6 is 27.5 Å². The number of carbonyl (C=O) groups excluding carboxylic acids is 1. The van der Waals surface area contributed by atoms with E-state index in [9.17, 15) is 9.59 Å². The van der Waals surface area contributed by atoms with E-state index in [4.69, 9.17) is 21.4 Å². The molecule has 0 saturated carbocycles. The van der Waals surface area contributed by atoms with E-state index >= 15 is 0 Å². The second-order valence-electron chi connectivity index (χ2n) is 3.79. The molecule has 0 heterocycles. The fourth-order valence-electron chi connectivity index (χ4n) is 1.41. The summed E-state index contributed by atoms with van der Waals surface area (Å²) in [5.74, 6) is -1.35. The number of carboxylic acid groups (broad SMARTS) is 1. The van der Waals surface area contributed by atoms with Gasteiger partial charge in [0, 0.05) is 18.1 Å². The lowest BCUT2D eigenvalue weighted by atomic mass is 10.2. The van der Waals surface area contributed by atoms with Gasteiger partial charge >= 0.3 is 5.97 Å². The molecule has 0 aromatic heterocycles. The van der Waals surface area contributed by atoms with Crippen molar-refractivity contribution in [2.75, 3.05) is 13.7 Å². The standard InChI is InChI=1S/C12H13BrClNO4/c1-19-8(5-11(16)17)6-15-12(18)9-3-2-7(13)4-10(9)14/h2-4,8H,5-6H2,1H3,(H,15,18)(H,16,17). The molecule has 1 atom stereocenters. The van der Waals surface area contributed by atoms with Gasteiger partial charge in [-0.25, -0.2) is 0 Å². The molecule has 0 spiro atoms. The van der Waals surface area contributed by atoms with Gasteiger partial charge < -0.3 is 15.2 Å². The Morgan fingerprint density at radius 3 is 2.74 bits per heavy atom. The normalized spacial score (nSPS) is 11.9. The molecule has 1 aromatic rings. The quantitative estimate of drug-likeness (QED) is 0.825. The van der Waals surface area contributed by atoms with E-state index in [-0.39, 0.29) is 18.9 Å². The number of amides is 1. The van der Waals surface area contributed by atoms with Crippen molar-refractivity contribution >= 4 is 39.4 Å². The zero-order valence-corrected chi connectivity index (χ0v) is 12.5. The van der Waals surface area contributed by atoms with Gasteiger partial charge in [0.15, 0.2) is 0 Å². The van der Waals surface area contributed by atoms with Crippen LogP contribution in [0.1, 0.15) is 16.8 Å². The highest BCUT2D eigenvalue weighted by Gasteiger charge is 2.15. The maximum absolute atomic E-state index is 11.9. The van der Waals surface area contributed by atoms with Crippen LogP contribution in [0.25, 0.3) is 0 Å². The number of halogens is 2. The Balaban J connectivity index is 2.61. The third kappa shape index (κ3) is 5.18. The molecule has 5 nitrogen and oxygen atoms in total. The molecule has 1 amide bonds. The summed E-state index contributed by atoms with van der Waals surface area (Å²) in [6.45, 7) is 0.105. The van der Waals surface area contributed by atoms with Crippen molar-refractivity contribution in [2.24, 2.45) is 0 Å². The number of methoxy groups -OCH3 is 1. The average molecular weight is 351 g/mol. The highest BCUT2D eigenvalue weighted by molar-refractivity contribution is 9.10. The third-order valence-electron chi connectivity index (χ3n) is 2.40. The van der Waals surface area contributed by atoms with Crippen molar-refractivity contribution in [3.05, 3.63) is 33.3 Å². The first-order valence-corrected chi connectivity index (χ1v) is 6.59. The average Bonchev–Trinajstić information content (AvgIpc) is 2.33. The molecule has 0 aliphatic heterocycles. The van der Waals surface area contributed by atoms with Gasteiger partial charge in [-0.1, -0.05) is 27.5 Å². The molecule has 0 aliphatic carbocycles. The number of hydrogen-bond acceptors (Lipinski definition) is 3. The molecule has 0 saturated heterocycles. The Kier molecular flexibility index (Phi) is 6.27. The lowest BCUT2D eigenvalue weighted by molar-refractivity contribution is -0.139. The van der Waals surface area contributed by atoms with Gasteiger partial charge in [0.05, 0.1) is 23.1 Å². The minimum absolute atomic E-state index is 0.105. The smallest absolute Gasteiger partial charge is 0.306 e. The van der Waals surface area contributed by atoms with Crippen molar-refractivity contribution in [3.8, 4) is 0 Å². The fraction of sp³-hybridized carbons (Fsp3) is 0.333. The number of hydrogen-bond donors (Lipinski definition) is 2. The summed E-state index contributed by atoms with van der Waals surface area (Å²) < 4.78 is 5.73. The van der Waals surface area contributed by atoms with Crippen LogP contribution < -0.4 is 5.32 Å². The van der Waals surface area contributed by atoms with Crippen LogP contribution in [-0.4, -0.2) is 36.7 Å². The van der Waals surface area contributed by atoms with Gasteiger partial charge in [-0.2, -0.15) is 0 Å². The lowest BCUT2D eigenvalue weighted by Gasteiger charge is -2.14. The predicted molar refractivity (Wildman–Crippen MR) is 74.5 cm³/mol. The van der Waals surface area contributed by atoms with E-state index < -0.39 is 12.1 Å². The topological polar surface area (TPSA) is 75.6 Å². The van der Waals surface area contributed by atoms with E-state index in [0.717, 1.165) is 4.47 Å². The number of carbonyl (C=O) groups is 2. The van der Waals surface area contributed by atoms with E-state index in [1.54, 1.807) is 18.2 Å². The number of ether oxygens (including phenoxy) is 1. The molecule has 19 heavy (non-hydrogen) atoms. The van der Waals surface area contributed by atoms with Gasteiger partial charge in [-0.15, -0.1) is 0 Å². The number of carboxylic acids is 1. The van der Waals surface area contributed by atoms with Crippen molar-refractivity contribution < 1.29 is 19.4 Å². The molecule has 0 aliphatic rings. The number of nitrogens with one attached hydrogen (secondary N) is 1. The first-order chi connectivity index (χ1) is 8.93. The first kappa shape index (κ1) is 15.9. The Bertz CT molecular complexity index is 481. The number of benzene rings is 1. The molecule has 1 rings (SSSR count). The van der Waals surface area contributed by atoms with Crippen LogP contribution in [0.4, 0.5) is 0 Å². The van der Waals surface area contributed by atoms with Crippen LogP contribution in [0.3, 0.4) is 0 Å².